The molecule has 9 heteroatoms. The van der Waals surface area contributed by atoms with Gasteiger partial charge in [-0.3, -0.25) is 4.98 Å². The fraction of sp³-hybridized carbons (Fsp3) is 0.174. The van der Waals surface area contributed by atoms with Gasteiger partial charge in [-0.1, -0.05) is 18.2 Å². The second-order valence-electron chi connectivity index (χ2n) is 7.39. The van der Waals surface area contributed by atoms with E-state index in [1.807, 2.05) is 12.1 Å². The van der Waals surface area contributed by atoms with Crippen LogP contribution in [0.5, 0.6) is 0 Å². The first kappa shape index (κ1) is 20.2. The van der Waals surface area contributed by atoms with Gasteiger partial charge in [-0.25, -0.2) is 13.8 Å². The molecule has 3 heterocycles. The van der Waals surface area contributed by atoms with E-state index in [4.69, 9.17) is 10.5 Å². The zero-order valence-corrected chi connectivity index (χ0v) is 17.0. The molecule has 0 radical (unpaired) electrons. The molecule has 1 aliphatic heterocycles. The molecule has 5 rings (SSSR count). The van der Waals surface area contributed by atoms with Crippen LogP contribution in [0.3, 0.4) is 0 Å². The smallest absolute Gasteiger partial charge is 0.229 e. The molecule has 7 nitrogen and oxygen atoms in total. The van der Waals surface area contributed by atoms with Crippen LogP contribution in [0.2, 0.25) is 0 Å². The third-order valence-electron chi connectivity index (χ3n) is 5.29. The number of nitrogen functional groups attached to an aromatic ring is 1. The minimum Gasteiger partial charge on any atom is -0.383 e. The SMILES string of the molecule is Nc1nc(Nc2ccc(C3CNCCO3)nc2)nc2c(-c3c(F)cccc3F)cccc12. The summed E-state index contributed by atoms with van der Waals surface area (Å²) in [6.07, 6.45) is 1.56. The minimum atomic E-state index is -0.677. The van der Waals surface area contributed by atoms with Gasteiger partial charge in [-0.2, -0.15) is 4.98 Å². The third-order valence-corrected chi connectivity index (χ3v) is 5.29. The predicted octanol–water partition coefficient (Wildman–Crippen LogP) is 3.96. The van der Waals surface area contributed by atoms with E-state index < -0.39 is 11.6 Å². The zero-order valence-electron chi connectivity index (χ0n) is 17.0. The summed E-state index contributed by atoms with van der Waals surface area (Å²) in [5.74, 6) is -0.960. The highest BCUT2D eigenvalue weighted by Crippen LogP contribution is 2.34. The summed E-state index contributed by atoms with van der Waals surface area (Å²) in [5, 5.41) is 6.84. The summed E-state index contributed by atoms with van der Waals surface area (Å²) < 4.78 is 34.6. The summed E-state index contributed by atoms with van der Waals surface area (Å²) in [6, 6.07) is 12.4. The Labute approximate surface area is 182 Å². The fourth-order valence-electron chi connectivity index (χ4n) is 3.74. The Balaban J connectivity index is 1.50. The highest BCUT2D eigenvalue weighted by molar-refractivity contribution is 5.99. The lowest BCUT2D eigenvalue weighted by Gasteiger charge is -2.23. The number of morpholine rings is 1. The van der Waals surface area contributed by atoms with Crippen LogP contribution in [0.4, 0.5) is 26.2 Å². The molecule has 1 atom stereocenters. The number of fused-ring (bicyclic) bond motifs is 1. The number of ether oxygens (including phenoxy) is 1. The van der Waals surface area contributed by atoms with Crippen LogP contribution in [0.1, 0.15) is 11.8 Å². The maximum Gasteiger partial charge on any atom is 0.229 e. The van der Waals surface area contributed by atoms with Gasteiger partial charge in [0.05, 0.1) is 35.3 Å². The van der Waals surface area contributed by atoms with E-state index in [1.54, 1.807) is 24.4 Å². The van der Waals surface area contributed by atoms with Gasteiger partial charge >= 0.3 is 0 Å². The molecule has 4 aromatic rings. The van der Waals surface area contributed by atoms with Crippen molar-refractivity contribution < 1.29 is 13.5 Å². The van der Waals surface area contributed by atoms with Crippen molar-refractivity contribution in [2.75, 3.05) is 30.7 Å². The van der Waals surface area contributed by atoms with Crippen LogP contribution in [0, 0.1) is 11.6 Å². The zero-order chi connectivity index (χ0) is 22.1. The summed E-state index contributed by atoms with van der Waals surface area (Å²) >= 11 is 0. The number of pyridine rings is 1. The van der Waals surface area contributed by atoms with E-state index in [0.717, 1.165) is 12.2 Å². The molecule has 0 aliphatic carbocycles. The Hall–Kier alpha value is -3.69. The van der Waals surface area contributed by atoms with Crippen molar-refractivity contribution in [2.45, 2.75) is 6.10 Å². The number of halogens is 2. The number of para-hydroxylation sites is 1. The number of hydrogen-bond donors (Lipinski definition) is 3. The Kier molecular flexibility index (Phi) is 5.34. The molecule has 0 saturated carbocycles. The highest BCUT2D eigenvalue weighted by atomic mass is 19.1. The van der Waals surface area contributed by atoms with Gasteiger partial charge in [0.25, 0.3) is 0 Å². The fourth-order valence-corrected chi connectivity index (χ4v) is 3.74. The molecule has 2 aromatic heterocycles. The molecule has 162 valence electrons. The van der Waals surface area contributed by atoms with Crippen molar-refractivity contribution in [3.05, 3.63) is 72.1 Å². The summed E-state index contributed by atoms with van der Waals surface area (Å²) in [5.41, 5.74) is 8.08. The molecule has 0 amide bonds. The van der Waals surface area contributed by atoms with Crippen molar-refractivity contribution in [3.63, 3.8) is 0 Å². The molecular formula is C23H20F2N6O. The van der Waals surface area contributed by atoms with Crippen molar-refractivity contribution >= 4 is 28.4 Å². The van der Waals surface area contributed by atoms with Crippen LogP contribution < -0.4 is 16.4 Å². The lowest BCUT2D eigenvalue weighted by molar-refractivity contribution is 0.0250. The topological polar surface area (TPSA) is 98.0 Å². The average Bonchev–Trinajstić information content (AvgIpc) is 2.80. The standard InChI is InChI=1S/C23H20F2N6O/c24-16-5-2-6-17(25)20(16)14-3-1-4-15-21(14)30-23(31-22(15)26)29-13-7-8-18(28-11-13)19-12-27-9-10-32-19/h1-8,11,19,27H,9-10,12H2,(H3,26,29,30,31). The van der Waals surface area contributed by atoms with Crippen molar-refractivity contribution in [2.24, 2.45) is 0 Å². The quantitative estimate of drug-likeness (QED) is 0.447. The summed E-state index contributed by atoms with van der Waals surface area (Å²) in [6.45, 7) is 2.18. The maximum atomic E-state index is 14.5. The van der Waals surface area contributed by atoms with E-state index in [1.165, 1.54) is 18.2 Å². The van der Waals surface area contributed by atoms with Gasteiger partial charge in [0.2, 0.25) is 5.95 Å². The first-order chi connectivity index (χ1) is 15.6. The van der Waals surface area contributed by atoms with Crippen LogP contribution in [0.25, 0.3) is 22.0 Å². The van der Waals surface area contributed by atoms with E-state index >= 15 is 0 Å². The number of aromatic nitrogens is 3. The molecule has 4 N–H and O–H groups in total. The lowest BCUT2D eigenvalue weighted by Crippen LogP contribution is -2.33. The molecule has 1 fully saturated rings. The number of nitrogens with two attached hydrogens (primary N) is 1. The Bertz CT molecular complexity index is 1260. The predicted molar refractivity (Wildman–Crippen MR) is 118 cm³/mol. The monoisotopic (exact) mass is 434 g/mol. The number of benzene rings is 2. The average molecular weight is 434 g/mol. The van der Waals surface area contributed by atoms with Crippen molar-refractivity contribution in [1.82, 2.24) is 20.3 Å². The number of nitrogens with one attached hydrogen (secondary N) is 2. The number of anilines is 3. The Morgan fingerprint density at radius 1 is 1.03 bits per heavy atom. The second-order valence-corrected chi connectivity index (χ2v) is 7.39. The highest BCUT2D eigenvalue weighted by Gasteiger charge is 2.18. The number of hydrogen-bond acceptors (Lipinski definition) is 7. The first-order valence-corrected chi connectivity index (χ1v) is 10.2. The van der Waals surface area contributed by atoms with Crippen molar-refractivity contribution in [1.29, 1.82) is 0 Å². The Morgan fingerprint density at radius 2 is 1.84 bits per heavy atom. The molecular weight excluding hydrogens is 414 g/mol. The van der Waals surface area contributed by atoms with Crippen LogP contribution in [-0.2, 0) is 4.74 Å². The minimum absolute atomic E-state index is 0.0939. The Morgan fingerprint density at radius 3 is 2.56 bits per heavy atom. The molecule has 2 aromatic carbocycles. The molecule has 1 aliphatic rings. The van der Waals surface area contributed by atoms with Crippen LogP contribution in [-0.4, -0.2) is 34.6 Å². The number of rotatable bonds is 4. The van der Waals surface area contributed by atoms with Crippen molar-refractivity contribution in [3.8, 4) is 11.1 Å². The van der Waals surface area contributed by atoms with Crippen LogP contribution in [0.15, 0.2) is 54.7 Å². The number of nitrogens with zero attached hydrogens (tertiary/aromatic N) is 3. The van der Waals surface area contributed by atoms with Crippen LogP contribution >= 0.6 is 0 Å². The largest absolute Gasteiger partial charge is 0.383 e. The van der Waals surface area contributed by atoms with Gasteiger partial charge in [-0.15, -0.1) is 0 Å². The van der Waals surface area contributed by atoms with Gasteiger partial charge in [0, 0.05) is 24.0 Å². The van der Waals surface area contributed by atoms with Gasteiger partial charge in [0.15, 0.2) is 0 Å². The molecule has 1 unspecified atom stereocenters. The summed E-state index contributed by atoms with van der Waals surface area (Å²) in [4.78, 5) is 13.3. The molecule has 32 heavy (non-hydrogen) atoms. The normalized spacial score (nSPS) is 16.2. The lowest BCUT2D eigenvalue weighted by atomic mass is 10.0. The summed E-state index contributed by atoms with van der Waals surface area (Å²) in [7, 11) is 0. The van der Waals surface area contributed by atoms with E-state index in [0.29, 0.717) is 35.3 Å². The first-order valence-electron chi connectivity index (χ1n) is 10.2. The van der Waals surface area contributed by atoms with Gasteiger partial charge < -0.3 is 21.1 Å². The van der Waals surface area contributed by atoms with Gasteiger partial charge in [-0.05, 0) is 30.3 Å². The second kappa shape index (κ2) is 8.45. The molecule has 0 bridgehead atoms. The maximum absolute atomic E-state index is 14.5. The van der Waals surface area contributed by atoms with Gasteiger partial charge in [0.1, 0.15) is 23.6 Å². The third kappa shape index (κ3) is 3.83. The van der Waals surface area contributed by atoms with E-state index in [2.05, 4.69) is 25.6 Å². The molecule has 1 saturated heterocycles. The van der Waals surface area contributed by atoms with E-state index in [-0.39, 0.29) is 23.4 Å². The van der Waals surface area contributed by atoms with E-state index in [9.17, 15) is 8.78 Å². The molecule has 0 spiro atoms.